The predicted octanol–water partition coefficient (Wildman–Crippen LogP) is 2.56. The number of amidine groups is 1. The van der Waals surface area contributed by atoms with Crippen LogP contribution in [0, 0.1) is 11.6 Å². The molecule has 0 saturated carbocycles. The van der Waals surface area contributed by atoms with Crippen LogP contribution in [0.4, 0.5) is 8.78 Å². The van der Waals surface area contributed by atoms with Crippen LogP contribution < -0.4 is 5.73 Å². The van der Waals surface area contributed by atoms with E-state index in [1.54, 1.807) is 0 Å². The first kappa shape index (κ1) is 12.8. The Morgan fingerprint density at radius 3 is 2.56 bits per heavy atom. The first-order valence-electron chi connectivity index (χ1n) is 6.00. The van der Waals surface area contributed by atoms with E-state index < -0.39 is 11.6 Å². The molecule has 0 spiro atoms. The minimum absolute atomic E-state index is 0.0266. The molecule has 3 nitrogen and oxygen atoms in total. The summed E-state index contributed by atoms with van der Waals surface area (Å²) in [5.74, 6) is -1.04. The van der Waals surface area contributed by atoms with E-state index in [4.69, 9.17) is 10.5 Å². The van der Waals surface area contributed by atoms with Gasteiger partial charge in [0.15, 0.2) is 0 Å². The van der Waals surface area contributed by atoms with Crippen LogP contribution in [0.25, 0.3) is 0 Å². The van der Waals surface area contributed by atoms with Gasteiger partial charge in [-0.25, -0.2) is 13.8 Å². The van der Waals surface area contributed by atoms with E-state index in [2.05, 4.69) is 4.99 Å². The summed E-state index contributed by atoms with van der Waals surface area (Å²) in [7, 11) is 0. The lowest BCUT2D eigenvalue weighted by molar-refractivity contribution is 0.301. The lowest BCUT2D eigenvalue weighted by Crippen LogP contribution is -2.12. The number of ether oxygens (including phenoxy) is 1. The molecule has 0 saturated heterocycles. The molecule has 2 rings (SSSR count). The third-order valence-corrected chi connectivity index (χ3v) is 3.14. The van der Waals surface area contributed by atoms with Crippen molar-refractivity contribution < 1.29 is 13.5 Å². The van der Waals surface area contributed by atoms with Crippen molar-refractivity contribution in [2.45, 2.75) is 31.7 Å². The van der Waals surface area contributed by atoms with Gasteiger partial charge >= 0.3 is 0 Å². The molecule has 0 radical (unpaired) electrons. The number of aliphatic imine (C=N–C) groups is 1. The Hall–Kier alpha value is -1.65. The van der Waals surface area contributed by atoms with Crippen LogP contribution in [-0.2, 0) is 4.74 Å². The van der Waals surface area contributed by atoms with Crippen molar-refractivity contribution >= 4 is 6.02 Å². The Balaban J connectivity index is 2.12. The zero-order valence-corrected chi connectivity index (χ0v) is 10.2. The van der Waals surface area contributed by atoms with Crippen molar-refractivity contribution in [2.75, 3.05) is 6.61 Å². The SMILES string of the molecule is CCC(CC1COC(N)=N1)c1cc(F)cc(F)c1. The Labute approximate surface area is 105 Å². The van der Waals surface area contributed by atoms with E-state index in [1.165, 1.54) is 12.1 Å². The highest BCUT2D eigenvalue weighted by Gasteiger charge is 2.22. The Morgan fingerprint density at radius 2 is 2.06 bits per heavy atom. The van der Waals surface area contributed by atoms with Crippen LogP contribution in [0.5, 0.6) is 0 Å². The molecule has 2 unspecified atom stereocenters. The van der Waals surface area contributed by atoms with Gasteiger partial charge in [0.05, 0.1) is 6.04 Å². The van der Waals surface area contributed by atoms with Crippen LogP contribution >= 0.6 is 0 Å². The highest BCUT2D eigenvalue weighted by molar-refractivity contribution is 5.73. The molecule has 0 bridgehead atoms. The molecule has 1 aliphatic heterocycles. The van der Waals surface area contributed by atoms with Crippen molar-refractivity contribution in [1.29, 1.82) is 0 Å². The molecular weight excluding hydrogens is 238 g/mol. The summed E-state index contributed by atoms with van der Waals surface area (Å²) < 4.78 is 31.4. The number of halogens is 2. The first-order chi connectivity index (χ1) is 8.58. The molecule has 5 heteroatoms. The molecule has 1 heterocycles. The maximum atomic E-state index is 13.2. The molecule has 2 atom stereocenters. The van der Waals surface area contributed by atoms with Gasteiger partial charge < -0.3 is 10.5 Å². The molecule has 18 heavy (non-hydrogen) atoms. The average Bonchev–Trinajstić information content (AvgIpc) is 2.70. The van der Waals surface area contributed by atoms with Gasteiger partial charge in [0.1, 0.15) is 18.2 Å². The van der Waals surface area contributed by atoms with E-state index in [-0.39, 0.29) is 18.0 Å². The average molecular weight is 254 g/mol. The second kappa shape index (κ2) is 5.33. The monoisotopic (exact) mass is 254 g/mol. The Kier molecular flexibility index (Phi) is 3.79. The van der Waals surface area contributed by atoms with Crippen molar-refractivity contribution in [3.8, 4) is 0 Å². The number of hydrogen-bond acceptors (Lipinski definition) is 3. The third kappa shape index (κ3) is 2.97. The van der Waals surface area contributed by atoms with Gasteiger partial charge in [0.25, 0.3) is 6.02 Å². The maximum Gasteiger partial charge on any atom is 0.282 e. The van der Waals surface area contributed by atoms with E-state index in [1.807, 2.05) is 6.92 Å². The number of nitrogens with two attached hydrogens (primary N) is 1. The summed E-state index contributed by atoms with van der Waals surface area (Å²) in [6.45, 7) is 2.43. The predicted molar refractivity (Wildman–Crippen MR) is 65.4 cm³/mol. The van der Waals surface area contributed by atoms with Gasteiger partial charge in [0, 0.05) is 6.07 Å². The van der Waals surface area contributed by atoms with E-state index in [0.717, 1.165) is 12.5 Å². The summed E-state index contributed by atoms with van der Waals surface area (Å²) in [6, 6.07) is 3.80. The molecule has 2 N–H and O–H groups in total. The summed E-state index contributed by atoms with van der Waals surface area (Å²) >= 11 is 0. The van der Waals surface area contributed by atoms with E-state index in [0.29, 0.717) is 18.6 Å². The van der Waals surface area contributed by atoms with Gasteiger partial charge in [-0.05, 0) is 36.5 Å². The van der Waals surface area contributed by atoms with Crippen LogP contribution in [-0.4, -0.2) is 18.7 Å². The van der Waals surface area contributed by atoms with E-state index in [9.17, 15) is 8.78 Å². The number of nitrogens with zero attached hydrogens (tertiary/aromatic N) is 1. The minimum Gasteiger partial charge on any atom is -0.463 e. The molecular formula is C13H16F2N2O. The summed E-state index contributed by atoms with van der Waals surface area (Å²) in [5, 5.41) is 0. The molecule has 0 amide bonds. The summed E-state index contributed by atoms with van der Waals surface area (Å²) in [5.41, 5.74) is 6.10. The highest BCUT2D eigenvalue weighted by atomic mass is 19.1. The zero-order valence-electron chi connectivity index (χ0n) is 10.2. The Bertz CT molecular complexity index is 442. The van der Waals surface area contributed by atoms with Crippen molar-refractivity contribution in [2.24, 2.45) is 10.7 Å². The molecule has 1 aliphatic rings. The number of rotatable bonds is 4. The topological polar surface area (TPSA) is 47.6 Å². The van der Waals surface area contributed by atoms with E-state index >= 15 is 0 Å². The van der Waals surface area contributed by atoms with Crippen LogP contribution in [0.1, 0.15) is 31.2 Å². The fraction of sp³-hybridized carbons (Fsp3) is 0.462. The molecule has 1 aromatic rings. The molecule has 1 aromatic carbocycles. The number of hydrogen-bond donors (Lipinski definition) is 1. The standard InChI is InChI=1S/C13H16F2N2O/c1-2-8(5-12-7-18-13(16)17-12)9-3-10(14)6-11(15)4-9/h3-4,6,8,12H,2,5,7H2,1H3,(H2,16,17). The van der Waals surface area contributed by atoms with Gasteiger partial charge in [-0.3, -0.25) is 0 Å². The van der Waals surface area contributed by atoms with Gasteiger partial charge in [-0.15, -0.1) is 0 Å². The first-order valence-corrected chi connectivity index (χ1v) is 6.00. The smallest absolute Gasteiger partial charge is 0.282 e. The summed E-state index contributed by atoms with van der Waals surface area (Å²) in [6.07, 6.45) is 1.47. The minimum atomic E-state index is -0.547. The fourth-order valence-corrected chi connectivity index (χ4v) is 2.23. The van der Waals surface area contributed by atoms with Gasteiger partial charge in [-0.1, -0.05) is 6.92 Å². The maximum absolute atomic E-state index is 13.2. The lowest BCUT2D eigenvalue weighted by atomic mass is 9.90. The van der Waals surface area contributed by atoms with Crippen molar-refractivity contribution in [1.82, 2.24) is 0 Å². The molecule has 0 aromatic heterocycles. The largest absolute Gasteiger partial charge is 0.463 e. The number of benzene rings is 1. The van der Waals surface area contributed by atoms with Crippen molar-refractivity contribution in [3.05, 3.63) is 35.4 Å². The lowest BCUT2D eigenvalue weighted by Gasteiger charge is -2.17. The fourth-order valence-electron chi connectivity index (χ4n) is 2.23. The second-order valence-electron chi connectivity index (χ2n) is 4.48. The normalized spacial score (nSPS) is 20.4. The quantitative estimate of drug-likeness (QED) is 0.897. The van der Waals surface area contributed by atoms with Crippen molar-refractivity contribution in [3.63, 3.8) is 0 Å². The summed E-state index contributed by atoms with van der Waals surface area (Å²) in [4.78, 5) is 4.13. The highest BCUT2D eigenvalue weighted by Crippen LogP contribution is 2.28. The zero-order chi connectivity index (χ0) is 13.1. The third-order valence-electron chi connectivity index (χ3n) is 3.14. The van der Waals surface area contributed by atoms with Gasteiger partial charge in [0.2, 0.25) is 0 Å². The van der Waals surface area contributed by atoms with Crippen LogP contribution in [0.15, 0.2) is 23.2 Å². The second-order valence-corrected chi connectivity index (χ2v) is 4.48. The van der Waals surface area contributed by atoms with Gasteiger partial charge in [-0.2, -0.15) is 0 Å². The van der Waals surface area contributed by atoms with Crippen LogP contribution in [0.2, 0.25) is 0 Å². The Morgan fingerprint density at radius 1 is 1.39 bits per heavy atom. The molecule has 98 valence electrons. The van der Waals surface area contributed by atoms with Crippen LogP contribution in [0.3, 0.4) is 0 Å². The molecule has 0 aliphatic carbocycles. The molecule has 0 fully saturated rings.